The molecule has 0 radical (unpaired) electrons. The minimum absolute atomic E-state index is 0.146. The van der Waals surface area contributed by atoms with Gasteiger partial charge in [-0.3, -0.25) is 0 Å². The molecule has 15 heavy (non-hydrogen) atoms. The molecule has 1 heterocycles. The van der Waals surface area contributed by atoms with Gasteiger partial charge in [0, 0.05) is 13.2 Å². The van der Waals surface area contributed by atoms with Crippen molar-refractivity contribution in [2.24, 2.45) is 0 Å². The van der Waals surface area contributed by atoms with Gasteiger partial charge in [0.2, 0.25) is 0 Å². The molecule has 0 unspecified atom stereocenters. The molecule has 1 amide bonds. The molecule has 1 aliphatic rings. The maximum absolute atomic E-state index is 11.8. The van der Waals surface area contributed by atoms with Crippen LogP contribution in [0.4, 0.5) is 4.79 Å². The number of hydrogen-bond acceptors (Lipinski definition) is 3. The number of methoxy groups -OCH3 is 1. The highest BCUT2D eigenvalue weighted by Gasteiger charge is 2.34. The smallest absolute Gasteiger partial charge is 0.410 e. The van der Waals surface area contributed by atoms with Crippen molar-refractivity contribution in [2.45, 2.75) is 51.9 Å². The van der Waals surface area contributed by atoms with Crippen molar-refractivity contribution in [1.29, 1.82) is 0 Å². The maximum Gasteiger partial charge on any atom is 0.410 e. The van der Waals surface area contributed by atoms with Crippen LogP contribution in [0.3, 0.4) is 0 Å². The van der Waals surface area contributed by atoms with E-state index >= 15 is 0 Å². The van der Waals surface area contributed by atoms with E-state index in [0.29, 0.717) is 6.54 Å². The lowest BCUT2D eigenvalue weighted by Crippen LogP contribution is -2.39. The molecule has 0 aromatic carbocycles. The van der Waals surface area contributed by atoms with Gasteiger partial charge in [0.25, 0.3) is 0 Å². The highest BCUT2D eigenvalue weighted by Crippen LogP contribution is 2.22. The highest BCUT2D eigenvalue weighted by atomic mass is 16.6. The van der Waals surface area contributed by atoms with Crippen LogP contribution in [0.15, 0.2) is 0 Å². The predicted octanol–water partition coefficient (Wildman–Crippen LogP) is 2.03. The first-order chi connectivity index (χ1) is 6.83. The summed E-state index contributed by atoms with van der Waals surface area (Å²) < 4.78 is 10.6. The number of carbonyl (C=O) groups excluding carboxylic acids is 1. The van der Waals surface area contributed by atoms with Crippen LogP contribution >= 0.6 is 0 Å². The Kier molecular flexibility index (Phi) is 3.60. The fraction of sp³-hybridized carbons (Fsp3) is 0.909. The van der Waals surface area contributed by atoms with Crippen molar-refractivity contribution in [2.75, 3.05) is 13.7 Å². The molecular formula is C11H21NO3. The summed E-state index contributed by atoms with van der Waals surface area (Å²) >= 11 is 0. The number of nitrogens with zero attached hydrogens (tertiary/aromatic N) is 1. The molecule has 0 bridgehead atoms. The Morgan fingerprint density at radius 3 is 2.40 bits per heavy atom. The Hall–Kier alpha value is -0.770. The van der Waals surface area contributed by atoms with Crippen molar-refractivity contribution in [1.82, 2.24) is 4.90 Å². The second kappa shape index (κ2) is 4.39. The van der Waals surface area contributed by atoms with Crippen molar-refractivity contribution in [3.05, 3.63) is 0 Å². The van der Waals surface area contributed by atoms with E-state index in [0.717, 1.165) is 6.42 Å². The molecule has 88 valence electrons. The van der Waals surface area contributed by atoms with Crippen LogP contribution in [0.25, 0.3) is 0 Å². The van der Waals surface area contributed by atoms with E-state index in [1.54, 1.807) is 12.0 Å². The minimum atomic E-state index is -0.429. The lowest BCUT2D eigenvalue weighted by Gasteiger charge is -2.26. The van der Waals surface area contributed by atoms with Crippen molar-refractivity contribution in [3.8, 4) is 0 Å². The molecule has 0 aromatic heterocycles. The molecule has 0 aliphatic carbocycles. The molecule has 4 heteroatoms. The third-order valence-electron chi connectivity index (χ3n) is 2.50. The number of ether oxygens (including phenoxy) is 2. The zero-order valence-electron chi connectivity index (χ0n) is 10.2. The standard InChI is InChI=1S/C11H21NO3/c1-8-6-9(14-5)7-12(8)10(13)15-11(2,3)4/h8-9H,6-7H2,1-5H3/t8-,9-/m0/s1. The summed E-state index contributed by atoms with van der Waals surface area (Å²) in [6, 6.07) is 0.199. The van der Waals surface area contributed by atoms with E-state index in [2.05, 4.69) is 0 Å². The topological polar surface area (TPSA) is 38.8 Å². The van der Waals surface area contributed by atoms with Crippen molar-refractivity contribution >= 4 is 6.09 Å². The number of carbonyl (C=O) groups is 1. The minimum Gasteiger partial charge on any atom is -0.444 e. The van der Waals surface area contributed by atoms with Gasteiger partial charge >= 0.3 is 6.09 Å². The number of likely N-dealkylation sites (tertiary alicyclic amines) is 1. The Morgan fingerprint density at radius 2 is 2.00 bits per heavy atom. The average molecular weight is 215 g/mol. The van der Waals surface area contributed by atoms with E-state index < -0.39 is 5.60 Å². The first-order valence-corrected chi connectivity index (χ1v) is 5.36. The summed E-state index contributed by atoms with van der Waals surface area (Å²) in [7, 11) is 1.68. The quantitative estimate of drug-likeness (QED) is 0.671. The Balaban J connectivity index is 2.54. The van der Waals surface area contributed by atoms with Gasteiger partial charge in [-0.15, -0.1) is 0 Å². The third kappa shape index (κ3) is 3.38. The van der Waals surface area contributed by atoms with Crippen LogP contribution in [0.5, 0.6) is 0 Å². The lowest BCUT2D eigenvalue weighted by atomic mass is 10.2. The molecule has 2 atom stereocenters. The van der Waals surface area contributed by atoms with E-state index in [1.807, 2.05) is 27.7 Å². The second-order valence-corrected chi connectivity index (χ2v) is 5.08. The zero-order chi connectivity index (χ0) is 11.6. The third-order valence-corrected chi connectivity index (χ3v) is 2.50. The Morgan fingerprint density at radius 1 is 1.40 bits per heavy atom. The number of rotatable bonds is 1. The SMILES string of the molecule is CO[C@H]1C[C@H](C)N(C(=O)OC(C)(C)C)C1. The summed E-state index contributed by atoms with van der Waals surface area (Å²) in [5.41, 5.74) is -0.429. The monoisotopic (exact) mass is 215 g/mol. The Bertz CT molecular complexity index is 234. The fourth-order valence-electron chi connectivity index (χ4n) is 1.73. The second-order valence-electron chi connectivity index (χ2n) is 5.08. The highest BCUT2D eigenvalue weighted by molar-refractivity contribution is 5.69. The molecule has 0 saturated carbocycles. The van der Waals surface area contributed by atoms with Crippen LogP contribution < -0.4 is 0 Å². The average Bonchev–Trinajstić information content (AvgIpc) is 2.43. The zero-order valence-corrected chi connectivity index (χ0v) is 10.2. The normalized spacial score (nSPS) is 26.9. The number of amides is 1. The van der Waals surface area contributed by atoms with Gasteiger partial charge in [-0.25, -0.2) is 4.79 Å². The molecule has 1 fully saturated rings. The first-order valence-electron chi connectivity index (χ1n) is 5.36. The van der Waals surface area contributed by atoms with Crippen LogP contribution in [0.1, 0.15) is 34.1 Å². The van der Waals surface area contributed by atoms with Crippen molar-refractivity contribution < 1.29 is 14.3 Å². The number of hydrogen-bond donors (Lipinski definition) is 0. The van der Waals surface area contributed by atoms with Gasteiger partial charge in [-0.05, 0) is 34.1 Å². The van der Waals surface area contributed by atoms with E-state index in [-0.39, 0.29) is 18.2 Å². The van der Waals surface area contributed by atoms with Gasteiger partial charge < -0.3 is 14.4 Å². The molecular weight excluding hydrogens is 194 g/mol. The predicted molar refractivity (Wildman–Crippen MR) is 57.8 cm³/mol. The van der Waals surface area contributed by atoms with Crippen LogP contribution in [-0.4, -0.2) is 42.4 Å². The van der Waals surface area contributed by atoms with Gasteiger partial charge in [-0.2, -0.15) is 0 Å². The molecule has 1 rings (SSSR count). The summed E-state index contributed by atoms with van der Waals surface area (Å²) in [5, 5.41) is 0. The van der Waals surface area contributed by atoms with Gasteiger partial charge in [-0.1, -0.05) is 0 Å². The van der Waals surface area contributed by atoms with Gasteiger partial charge in [0.1, 0.15) is 5.60 Å². The van der Waals surface area contributed by atoms with Gasteiger partial charge in [0.15, 0.2) is 0 Å². The van der Waals surface area contributed by atoms with E-state index in [4.69, 9.17) is 9.47 Å². The molecule has 0 N–H and O–H groups in total. The fourth-order valence-corrected chi connectivity index (χ4v) is 1.73. The lowest BCUT2D eigenvalue weighted by molar-refractivity contribution is 0.0207. The molecule has 0 aromatic rings. The van der Waals surface area contributed by atoms with Crippen LogP contribution in [-0.2, 0) is 9.47 Å². The molecule has 0 spiro atoms. The largest absolute Gasteiger partial charge is 0.444 e. The van der Waals surface area contributed by atoms with Crippen molar-refractivity contribution in [3.63, 3.8) is 0 Å². The maximum atomic E-state index is 11.8. The summed E-state index contributed by atoms with van der Waals surface area (Å²) in [4.78, 5) is 13.5. The molecule has 4 nitrogen and oxygen atoms in total. The first kappa shape index (κ1) is 12.3. The van der Waals surface area contributed by atoms with E-state index in [1.165, 1.54) is 0 Å². The summed E-state index contributed by atoms with van der Waals surface area (Å²) in [5.74, 6) is 0. The van der Waals surface area contributed by atoms with E-state index in [9.17, 15) is 4.79 Å². The molecule has 1 aliphatic heterocycles. The summed E-state index contributed by atoms with van der Waals surface area (Å²) in [6.07, 6.45) is 0.789. The van der Waals surface area contributed by atoms with Crippen LogP contribution in [0, 0.1) is 0 Å². The van der Waals surface area contributed by atoms with Crippen LogP contribution in [0.2, 0.25) is 0 Å². The summed E-state index contributed by atoms with van der Waals surface area (Å²) in [6.45, 7) is 8.27. The van der Waals surface area contributed by atoms with Gasteiger partial charge in [0.05, 0.1) is 12.6 Å². The Labute approximate surface area is 91.5 Å². The molecule has 1 saturated heterocycles.